The molecule has 0 aliphatic rings. The number of rotatable bonds is 1. The molecule has 4 nitrogen and oxygen atoms in total. The molecule has 4 heteroatoms. The second-order valence-corrected chi connectivity index (χ2v) is 4.74. The largest absolute Gasteiger partial charge is 0.280 e. The van der Waals surface area contributed by atoms with Crippen LogP contribution >= 0.6 is 0 Å². The fourth-order valence-electron chi connectivity index (χ4n) is 1.48. The minimum atomic E-state index is -0.0283. The van der Waals surface area contributed by atoms with Gasteiger partial charge in [-0.25, -0.2) is 9.97 Å². The van der Waals surface area contributed by atoms with Gasteiger partial charge in [0.1, 0.15) is 5.82 Å². The molecule has 15 heavy (non-hydrogen) atoms. The highest BCUT2D eigenvalue weighted by Gasteiger charge is 2.18. The van der Waals surface area contributed by atoms with Gasteiger partial charge in [0.25, 0.3) is 0 Å². The second kappa shape index (κ2) is 3.29. The monoisotopic (exact) mass is 204 g/mol. The van der Waals surface area contributed by atoms with Crippen LogP contribution in [0.1, 0.15) is 39.2 Å². The molecular weight excluding hydrogens is 188 g/mol. The first-order valence-corrected chi connectivity index (χ1v) is 5.23. The van der Waals surface area contributed by atoms with Crippen molar-refractivity contribution in [3.63, 3.8) is 0 Å². The lowest BCUT2D eigenvalue weighted by Gasteiger charge is -2.15. The highest BCUT2D eigenvalue weighted by Crippen LogP contribution is 2.20. The molecule has 0 amide bonds. The van der Waals surface area contributed by atoms with E-state index in [1.54, 1.807) is 0 Å². The van der Waals surface area contributed by atoms with Crippen LogP contribution in [0.25, 0.3) is 11.0 Å². The van der Waals surface area contributed by atoms with Gasteiger partial charge in [-0.2, -0.15) is 5.10 Å². The van der Waals surface area contributed by atoms with Crippen LogP contribution in [0, 0.1) is 0 Å². The van der Waals surface area contributed by atoms with E-state index in [9.17, 15) is 0 Å². The highest BCUT2D eigenvalue weighted by molar-refractivity contribution is 5.76. The summed E-state index contributed by atoms with van der Waals surface area (Å²) >= 11 is 0. The normalized spacial score (nSPS) is 12.3. The van der Waals surface area contributed by atoms with Crippen molar-refractivity contribution in [3.8, 4) is 0 Å². The topological polar surface area (TPSA) is 54.5 Å². The van der Waals surface area contributed by atoms with Crippen molar-refractivity contribution in [2.45, 2.75) is 39.5 Å². The van der Waals surface area contributed by atoms with Crippen molar-refractivity contribution >= 4 is 11.0 Å². The van der Waals surface area contributed by atoms with Crippen LogP contribution in [0.4, 0.5) is 0 Å². The Hall–Kier alpha value is -1.45. The van der Waals surface area contributed by atoms with Gasteiger partial charge in [-0.15, -0.1) is 0 Å². The summed E-state index contributed by atoms with van der Waals surface area (Å²) in [6.45, 7) is 8.38. The summed E-state index contributed by atoms with van der Waals surface area (Å²) in [5.41, 5.74) is 1.84. The van der Waals surface area contributed by atoms with Crippen molar-refractivity contribution < 1.29 is 0 Å². The number of hydrogen-bond donors (Lipinski definition) is 1. The van der Waals surface area contributed by atoms with Crippen LogP contribution in [-0.2, 0) is 11.8 Å². The van der Waals surface area contributed by atoms with Crippen LogP contribution in [0.3, 0.4) is 0 Å². The summed E-state index contributed by atoms with van der Waals surface area (Å²) in [5.74, 6) is 0.837. The number of fused-ring (bicyclic) bond motifs is 1. The predicted octanol–water partition coefficient (Wildman–Crippen LogP) is 2.21. The van der Waals surface area contributed by atoms with Gasteiger partial charge in [-0.1, -0.05) is 27.7 Å². The van der Waals surface area contributed by atoms with E-state index in [2.05, 4.69) is 47.9 Å². The molecule has 0 radical (unpaired) electrons. The van der Waals surface area contributed by atoms with E-state index in [0.29, 0.717) is 0 Å². The van der Waals surface area contributed by atoms with E-state index in [1.807, 2.05) is 6.20 Å². The zero-order valence-electron chi connectivity index (χ0n) is 9.63. The minimum absolute atomic E-state index is 0.0283. The molecule has 0 atom stereocenters. The SMILES string of the molecule is CCc1[nH]nc2nc(C(C)(C)C)ncc12. The lowest BCUT2D eigenvalue weighted by molar-refractivity contribution is 0.548. The fraction of sp³-hybridized carbons (Fsp3) is 0.545. The van der Waals surface area contributed by atoms with Gasteiger partial charge in [0.05, 0.1) is 5.39 Å². The molecule has 2 rings (SSSR count). The third kappa shape index (κ3) is 1.71. The molecule has 2 aromatic rings. The molecule has 2 heterocycles. The molecular formula is C11H16N4. The molecule has 0 unspecified atom stereocenters. The summed E-state index contributed by atoms with van der Waals surface area (Å²) < 4.78 is 0. The summed E-state index contributed by atoms with van der Waals surface area (Å²) in [5, 5.41) is 8.21. The maximum atomic E-state index is 4.46. The number of H-pyrrole nitrogens is 1. The number of aryl methyl sites for hydroxylation is 1. The zero-order chi connectivity index (χ0) is 11.1. The van der Waals surface area contributed by atoms with Crippen molar-refractivity contribution in [1.82, 2.24) is 20.2 Å². The number of nitrogens with zero attached hydrogens (tertiary/aromatic N) is 3. The molecule has 0 saturated heterocycles. The lowest BCUT2D eigenvalue weighted by Crippen LogP contribution is -2.15. The van der Waals surface area contributed by atoms with Crippen LogP contribution in [0.2, 0.25) is 0 Å². The van der Waals surface area contributed by atoms with E-state index < -0.39 is 0 Å². The molecule has 0 fully saturated rings. The molecule has 0 aromatic carbocycles. The van der Waals surface area contributed by atoms with Crippen molar-refractivity contribution in [1.29, 1.82) is 0 Å². The standard InChI is InChI=1S/C11H16N4/c1-5-8-7-6-12-10(11(2,3)4)13-9(7)15-14-8/h6H,5H2,1-4H3,(H,12,13,14,15). The Morgan fingerprint density at radius 3 is 2.67 bits per heavy atom. The van der Waals surface area contributed by atoms with Gasteiger partial charge in [-0.05, 0) is 6.42 Å². The molecule has 80 valence electrons. The Morgan fingerprint density at radius 1 is 1.33 bits per heavy atom. The van der Waals surface area contributed by atoms with E-state index in [1.165, 1.54) is 0 Å². The van der Waals surface area contributed by atoms with Gasteiger partial charge in [-0.3, -0.25) is 5.10 Å². The van der Waals surface area contributed by atoms with E-state index >= 15 is 0 Å². The third-order valence-electron chi connectivity index (χ3n) is 2.41. The smallest absolute Gasteiger partial charge is 0.184 e. The molecule has 0 spiro atoms. The molecule has 0 saturated carbocycles. The van der Waals surface area contributed by atoms with Gasteiger partial charge in [0.2, 0.25) is 0 Å². The van der Waals surface area contributed by atoms with Crippen LogP contribution < -0.4 is 0 Å². The van der Waals surface area contributed by atoms with Crippen molar-refractivity contribution in [3.05, 3.63) is 17.7 Å². The number of aromatic nitrogens is 4. The Balaban J connectivity index is 2.58. The quantitative estimate of drug-likeness (QED) is 0.774. The molecule has 0 aliphatic heterocycles. The zero-order valence-corrected chi connectivity index (χ0v) is 9.63. The van der Waals surface area contributed by atoms with Crippen LogP contribution in [-0.4, -0.2) is 20.2 Å². The van der Waals surface area contributed by atoms with Gasteiger partial charge < -0.3 is 0 Å². The van der Waals surface area contributed by atoms with Gasteiger partial charge in [0.15, 0.2) is 5.65 Å². The average molecular weight is 204 g/mol. The molecule has 1 N–H and O–H groups in total. The fourth-order valence-corrected chi connectivity index (χ4v) is 1.48. The summed E-state index contributed by atoms with van der Waals surface area (Å²) in [7, 11) is 0. The number of aromatic amines is 1. The number of hydrogen-bond acceptors (Lipinski definition) is 3. The molecule has 0 aliphatic carbocycles. The van der Waals surface area contributed by atoms with Crippen LogP contribution in [0.5, 0.6) is 0 Å². The second-order valence-electron chi connectivity index (χ2n) is 4.74. The summed E-state index contributed by atoms with van der Waals surface area (Å²) in [4.78, 5) is 8.85. The van der Waals surface area contributed by atoms with E-state index in [0.717, 1.165) is 29.0 Å². The summed E-state index contributed by atoms with van der Waals surface area (Å²) in [6.07, 6.45) is 2.79. The Kier molecular flexibility index (Phi) is 2.21. The minimum Gasteiger partial charge on any atom is -0.280 e. The maximum absolute atomic E-state index is 4.46. The van der Waals surface area contributed by atoms with Crippen molar-refractivity contribution in [2.75, 3.05) is 0 Å². The maximum Gasteiger partial charge on any atom is 0.184 e. The van der Waals surface area contributed by atoms with Crippen LogP contribution in [0.15, 0.2) is 6.20 Å². The number of nitrogens with one attached hydrogen (secondary N) is 1. The van der Waals surface area contributed by atoms with E-state index in [4.69, 9.17) is 0 Å². The molecule has 0 bridgehead atoms. The Bertz CT molecular complexity index is 479. The summed E-state index contributed by atoms with van der Waals surface area (Å²) in [6, 6.07) is 0. The third-order valence-corrected chi connectivity index (χ3v) is 2.41. The average Bonchev–Trinajstić information content (AvgIpc) is 2.58. The Morgan fingerprint density at radius 2 is 2.07 bits per heavy atom. The Labute approximate surface area is 89.1 Å². The first kappa shape index (κ1) is 10.1. The molecule has 2 aromatic heterocycles. The predicted molar refractivity (Wildman–Crippen MR) is 59.8 cm³/mol. The van der Waals surface area contributed by atoms with Gasteiger partial charge in [0, 0.05) is 17.3 Å². The first-order valence-electron chi connectivity index (χ1n) is 5.23. The lowest BCUT2D eigenvalue weighted by atomic mass is 9.96. The first-order chi connectivity index (χ1) is 7.02. The van der Waals surface area contributed by atoms with Crippen molar-refractivity contribution in [2.24, 2.45) is 0 Å². The highest BCUT2D eigenvalue weighted by atomic mass is 15.2. The van der Waals surface area contributed by atoms with E-state index in [-0.39, 0.29) is 5.41 Å². The van der Waals surface area contributed by atoms with Gasteiger partial charge >= 0.3 is 0 Å².